The third kappa shape index (κ3) is 5.92. The molecule has 0 aliphatic heterocycles. The van der Waals surface area contributed by atoms with Crippen molar-refractivity contribution >= 4 is 48.8 Å². The van der Waals surface area contributed by atoms with Crippen LogP contribution in [-0.2, 0) is 19.4 Å². The second-order valence-corrected chi connectivity index (χ2v) is 9.82. The molecule has 0 aliphatic carbocycles. The van der Waals surface area contributed by atoms with Crippen molar-refractivity contribution in [2.24, 2.45) is 10.7 Å². The molecule has 1 aromatic carbocycles. The summed E-state index contributed by atoms with van der Waals surface area (Å²) in [5, 5.41) is 0. The Labute approximate surface area is 183 Å². The molecule has 0 unspecified atom stereocenters. The Morgan fingerprint density at radius 3 is 2.50 bits per heavy atom. The number of aliphatic imine (C=N–C) groups is 1. The fraction of sp³-hybridized carbons (Fsp3) is 0.222. The maximum Gasteiger partial charge on any atom is 0.431 e. The molecule has 0 radical (unpaired) electrons. The van der Waals surface area contributed by atoms with Gasteiger partial charge in [-0.2, -0.15) is 13.2 Å². The first-order valence-electron chi connectivity index (χ1n) is 8.09. The minimum atomic E-state index is -4.81. The van der Waals surface area contributed by atoms with Gasteiger partial charge in [-0.05, 0) is 45.8 Å². The van der Waals surface area contributed by atoms with Gasteiger partial charge in [0.25, 0.3) is 0 Å². The van der Waals surface area contributed by atoms with Crippen molar-refractivity contribution in [2.75, 3.05) is 19.9 Å². The van der Waals surface area contributed by atoms with Gasteiger partial charge < -0.3 is 10.5 Å². The topological polar surface area (TPSA) is 98.8 Å². The highest BCUT2D eigenvalue weighted by Gasteiger charge is 2.35. The molecule has 12 heteroatoms. The highest BCUT2D eigenvalue weighted by Crippen LogP contribution is 2.34. The lowest BCUT2D eigenvalue weighted by atomic mass is 10.2. The molecule has 0 amide bonds. The van der Waals surface area contributed by atoms with Crippen molar-refractivity contribution in [3.05, 3.63) is 51.5 Å². The van der Waals surface area contributed by atoms with E-state index < -0.39 is 38.7 Å². The molecule has 0 saturated carbocycles. The SMILES string of the molecule is COC(=O)CN=C(/C(Br)=C(\N)C(F)(F)F)c1ccc(-c2cccc(S(C)(=O)=O)c2)s1. The molecule has 30 heavy (non-hydrogen) atoms. The van der Waals surface area contributed by atoms with Gasteiger partial charge in [0.05, 0.1) is 27.1 Å². The third-order valence-corrected chi connectivity index (χ3v) is 6.78. The minimum Gasteiger partial charge on any atom is -0.468 e. The van der Waals surface area contributed by atoms with Gasteiger partial charge in [-0.3, -0.25) is 9.79 Å². The summed E-state index contributed by atoms with van der Waals surface area (Å²) in [7, 11) is -2.30. The number of allylic oxidation sites excluding steroid dienone is 2. The predicted octanol–water partition coefficient (Wildman–Crippen LogP) is 3.91. The standard InChI is InChI=1S/C18H16BrF3N2O4S2/c1-28-14(25)9-24-16(15(19)17(23)18(20,21)22)13-7-6-12(29-13)10-4-3-5-11(8-10)30(2,26)27/h3-8H,9,23H2,1-2H3/b17-15+,24-16?. The third-order valence-electron chi connectivity index (χ3n) is 3.73. The van der Waals surface area contributed by atoms with E-state index in [2.05, 4.69) is 25.7 Å². The van der Waals surface area contributed by atoms with E-state index in [1.54, 1.807) is 18.2 Å². The Morgan fingerprint density at radius 1 is 1.27 bits per heavy atom. The van der Waals surface area contributed by atoms with Crippen LogP contribution < -0.4 is 5.73 Å². The molecule has 0 aliphatic rings. The van der Waals surface area contributed by atoms with E-state index in [0.717, 1.165) is 24.7 Å². The van der Waals surface area contributed by atoms with Crippen molar-refractivity contribution < 1.29 is 31.1 Å². The fourth-order valence-electron chi connectivity index (χ4n) is 2.22. The summed E-state index contributed by atoms with van der Waals surface area (Å²) in [6.07, 6.45) is -3.74. The van der Waals surface area contributed by atoms with Gasteiger partial charge >= 0.3 is 12.1 Å². The number of methoxy groups -OCH3 is 1. The Hall–Kier alpha value is -2.18. The lowest BCUT2D eigenvalue weighted by Gasteiger charge is -2.11. The summed E-state index contributed by atoms with van der Waals surface area (Å²) in [5.74, 6) is -0.740. The van der Waals surface area contributed by atoms with Crippen LogP contribution in [0.5, 0.6) is 0 Å². The van der Waals surface area contributed by atoms with Crippen LogP contribution in [0.25, 0.3) is 10.4 Å². The zero-order valence-electron chi connectivity index (χ0n) is 15.7. The summed E-state index contributed by atoms with van der Waals surface area (Å²) in [4.78, 5) is 16.4. The maximum atomic E-state index is 13.1. The first-order chi connectivity index (χ1) is 13.8. The largest absolute Gasteiger partial charge is 0.468 e. The Morgan fingerprint density at radius 2 is 1.93 bits per heavy atom. The molecule has 2 aromatic rings. The number of nitrogens with two attached hydrogens (primary N) is 1. The Kier molecular flexibility index (Phi) is 7.48. The van der Waals surface area contributed by atoms with Crippen LogP contribution in [0.3, 0.4) is 0 Å². The number of carbonyl (C=O) groups is 1. The molecule has 0 atom stereocenters. The number of nitrogens with zero attached hydrogens (tertiary/aromatic N) is 1. The van der Waals surface area contributed by atoms with Gasteiger partial charge in [0.1, 0.15) is 12.2 Å². The molecule has 0 spiro atoms. The molecule has 162 valence electrons. The van der Waals surface area contributed by atoms with Crippen molar-refractivity contribution in [3.8, 4) is 10.4 Å². The van der Waals surface area contributed by atoms with Crippen LogP contribution in [0, 0.1) is 0 Å². The normalized spacial score (nSPS) is 13.7. The quantitative estimate of drug-likeness (QED) is 0.456. The maximum absolute atomic E-state index is 13.1. The van der Waals surface area contributed by atoms with E-state index in [4.69, 9.17) is 5.73 Å². The monoisotopic (exact) mass is 524 g/mol. The van der Waals surface area contributed by atoms with E-state index in [9.17, 15) is 26.4 Å². The number of hydrogen-bond acceptors (Lipinski definition) is 7. The number of benzene rings is 1. The van der Waals surface area contributed by atoms with Crippen molar-refractivity contribution in [1.29, 1.82) is 0 Å². The van der Waals surface area contributed by atoms with Crippen LogP contribution in [0.1, 0.15) is 4.88 Å². The highest BCUT2D eigenvalue weighted by atomic mass is 79.9. The smallest absolute Gasteiger partial charge is 0.431 e. The molecule has 0 saturated heterocycles. The van der Waals surface area contributed by atoms with Gasteiger partial charge in [0, 0.05) is 11.1 Å². The summed E-state index contributed by atoms with van der Waals surface area (Å²) < 4.78 is 66.7. The van der Waals surface area contributed by atoms with Gasteiger partial charge in [0.15, 0.2) is 9.84 Å². The zero-order valence-corrected chi connectivity index (χ0v) is 18.9. The van der Waals surface area contributed by atoms with Crippen LogP contribution in [-0.4, -0.2) is 46.2 Å². The van der Waals surface area contributed by atoms with Crippen molar-refractivity contribution in [2.45, 2.75) is 11.1 Å². The molecular formula is C18H16BrF3N2O4S2. The number of esters is 1. The number of alkyl halides is 3. The summed E-state index contributed by atoms with van der Waals surface area (Å²) in [6.45, 7) is -0.511. The number of hydrogen-bond donors (Lipinski definition) is 1. The number of carbonyl (C=O) groups excluding carboxylic acids is 1. The van der Waals surface area contributed by atoms with Gasteiger partial charge in [-0.15, -0.1) is 11.3 Å². The van der Waals surface area contributed by atoms with Gasteiger partial charge in [-0.1, -0.05) is 12.1 Å². The Bertz CT molecular complexity index is 1120. The van der Waals surface area contributed by atoms with E-state index in [-0.39, 0.29) is 15.5 Å². The fourth-order valence-corrected chi connectivity index (χ4v) is 4.59. The van der Waals surface area contributed by atoms with E-state index in [1.165, 1.54) is 18.2 Å². The Balaban J connectivity index is 2.55. The minimum absolute atomic E-state index is 0.108. The highest BCUT2D eigenvalue weighted by molar-refractivity contribution is 9.12. The first-order valence-corrected chi connectivity index (χ1v) is 11.6. The van der Waals surface area contributed by atoms with E-state index in [0.29, 0.717) is 10.4 Å². The zero-order chi connectivity index (χ0) is 22.7. The molecule has 2 rings (SSSR count). The van der Waals surface area contributed by atoms with Gasteiger partial charge in [0.2, 0.25) is 0 Å². The van der Waals surface area contributed by atoms with E-state index in [1.807, 2.05) is 0 Å². The number of thiophene rings is 1. The van der Waals surface area contributed by atoms with Crippen LogP contribution in [0.2, 0.25) is 0 Å². The summed E-state index contributed by atoms with van der Waals surface area (Å²) >= 11 is 3.90. The second kappa shape index (κ2) is 9.31. The van der Waals surface area contributed by atoms with Crippen LogP contribution in [0.4, 0.5) is 13.2 Å². The number of halogens is 4. The van der Waals surface area contributed by atoms with Crippen molar-refractivity contribution in [1.82, 2.24) is 0 Å². The number of sulfone groups is 1. The predicted molar refractivity (Wildman–Crippen MR) is 112 cm³/mol. The lowest BCUT2D eigenvalue weighted by molar-refractivity contribution is -0.138. The van der Waals surface area contributed by atoms with Gasteiger partial charge in [-0.25, -0.2) is 8.42 Å². The summed E-state index contributed by atoms with van der Waals surface area (Å²) in [5.41, 5.74) is 4.19. The number of ether oxygens (including phenoxy) is 1. The number of rotatable bonds is 6. The molecule has 6 nitrogen and oxygen atoms in total. The van der Waals surface area contributed by atoms with E-state index >= 15 is 0 Å². The molecule has 1 heterocycles. The average Bonchev–Trinajstić information content (AvgIpc) is 3.15. The molecule has 0 fully saturated rings. The van der Waals surface area contributed by atoms with Crippen LogP contribution >= 0.6 is 27.3 Å². The lowest BCUT2D eigenvalue weighted by Crippen LogP contribution is -2.23. The second-order valence-electron chi connectivity index (χ2n) is 5.93. The summed E-state index contributed by atoms with van der Waals surface area (Å²) in [6, 6.07) is 9.26. The molecule has 2 N–H and O–H groups in total. The van der Waals surface area contributed by atoms with Crippen molar-refractivity contribution in [3.63, 3.8) is 0 Å². The first kappa shape index (κ1) is 24.1. The molecule has 0 bridgehead atoms. The van der Waals surface area contributed by atoms with Crippen LogP contribution in [0.15, 0.2) is 56.5 Å². The molecular weight excluding hydrogens is 509 g/mol. The molecule has 1 aromatic heterocycles. The average molecular weight is 525 g/mol.